The lowest BCUT2D eigenvalue weighted by Crippen LogP contribution is -2.19. The summed E-state index contributed by atoms with van der Waals surface area (Å²) >= 11 is 0. The SMILES string of the molecule is CCC=CC=CC(C(=O)O)C(C)CCC=C(C)C. The first kappa shape index (κ1) is 16.7. The average Bonchev–Trinajstić information content (AvgIpc) is 2.27. The quantitative estimate of drug-likeness (QED) is 0.505. The van der Waals surface area contributed by atoms with Gasteiger partial charge in [-0.2, -0.15) is 0 Å². The van der Waals surface area contributed by atoms with Crippen molar-refractivity contribution in [1.29, 1.82) is 0 Å². The predicted molar refractivity (Wildman–Crippen MR) is 77.5 cm³/mol. The highest BCUT2D eigenvalue weighted by Crippen LogP contribution is 2.20. The zero-order valence-electron chi connectivity index (χ0n) is 12.0. The third kappa shape index (κ3) is 7.88. The van der Waals surface area contributed by atoms with Gasteiger partial charge in [0.1, 0.15) is 0 Å². The molecule has 1 N–H and O–H groups in total. The summed E-state index contributed by atoms with van der Waals surface area (Å²) in [7, 11) is 0. The van der Waals surface area contributed by atoms with Crippen LogP contribution in [0.2, 0.25) is 0 Å². The Kier molecular flexibility index (Phi) is 8.99. The lowest BCUT2D eigenvalue weighted by Gasteiger charge is -2.15. The number of hydrogen-bond donors (Lipinski definition) is 1. The van der Waals surface area contributed by atoms with E-state index in [4.69, 9.17) is 0 Å². The minimum Gasteiger partial charge on any atom is -0.481 e. The summed E-state index contributed by atoms with van der Waals surface area (Å²) in [5.41, 5.74) is 1.29. The number of allylic oxidation sites excluding steroid dienone is 5. The van der Waals surface area contributed by atoms with Crippen LogP contribution in [0.15, 0.2) is 36.0 Å². The monoisotopic (exact) mass is 250 g/mol. The number of carboxylic acids is 1. The lowest BCUT2D eigenvalue weighted by molar-refractivity contribution is -0.141. The fourth-order valence-corrected chi connectivity index (χ4v) is 1.73. The zero-order valence-corrected chi connectivity index (χ0v) is 12.0. The molecule has 0 radical (unpaired) electrons. The molecule has 0 heterocycles. The predicted octanol–water partition coefficient (Wildman–Crippen LogP) is 4.59. The van der Waals surface area contributed by atoms with Crippen LogP contribution in [0.25, 0.3) is 0 Å². The topological polar surface area (TPSA) is 37.3 Å². The standard InChI is InChI=1S/C16H26O2/c1-5-6-7-8-12-15(16(17)18)14(4)11-9-10-13(2)3/h6-8,10,12,14-15H,5,9,11H2,1-4H3,(H,17,18). The first-order chi connectivity index (χ1) is 8.49. The second-order valence-corrected chi connectivity index (χ2v) is 4.92. The molecule has 0 rings (SSSR count). The van der Waals surface area contributed by atoms with E-state index < -0.39 is 11.9 Å². The molecule has 0 saturated heterocycles. The third-order valence-corrected chi connectivity index (χ3v) is 2.87. The second-order valence-electron chi connectivity index (χ2n) is 4.92. The molecule has 2 heteroatoms. The molecule has 18 heavy (non-hydrogen) atoms. The van der Waals surface area contributed by atoms with Gasteiger partial charge in [-0.25, -0.2) is 0 Å². The Hall–Kier alpha value is -1.31. The Bertz CT molecular complexity index is 320. The molecular formula is C16H26O2. The maximum Gasteiger partial charge on any atom is 0.310 e. The van der Waals surface area contributed by atoms with Crippen LogP contribution in [-0.4, -0.2) is 11.1 Å². The first-order valence-electron chi connectivity index (χ1n) is 6.68. The first-order valence-corrected chi connectivity index (χ1v) is 6.68. The normalized spacial score (nSPS) is 14.9. The molecule has 0 amide bonds. The van der Waals surface area contributed by atoms with Gasteiger partial charge >= 0.3 is 5.97 Å². The summed E-state index contributed by atoms with van der Waals surface area (Å²) in [6.07, 6.45) is 12.6. The van der Waals surface area contributed by atoms with Crippen molar-refractivity contribution in [2.75, 3.05) is 0 Å². The molecule has 2 atom stereocenters. The van der Waals surface area contributed by atoms with Crippen molar-refractivity contribution in [1.82, 2.24) is 0 Å². The Morgan fingerprint density at radius 2 is 1.94 bits per heavy atom. The smallest absolute Gasteiger partial charge is 0.310 e. The van der Waals surface area contributed by atoms with Crippen LogP contribution in [0.5, 0.6) is 0 Å². The zero-order chi connectivity index (χ0) is 14.0. The van der Waals surface area contributed by atoms with Gasteiger partial charge in [-0.1, -0.05) is 49.8 Å². The maximum absolute atomic E-state index is 11.2. The van der Waals surface area contributed by atoms with Crippen molar-refractivity contribution in [2.45, 2.75) is 47.0 Å². The van der Waals surface area contributed by atoms with Crippen molar-refractivity contribution in [3.05, 3.63) is 36.0 Å². The van der Waals surface area contributed by atoms with Crippen LogP contribution in [0.3, 0.4) is 0 Å². The molecule has 0 saturated carbocycles. The highest BCUT2D eigenvalue weighted by Gasteiger charge is 2.20. The molecular weight excluding hydrogens is 224 g/mol. The Labute approximate surface area is 111 Å². The summed E-state index contributed by atoms with van der Waals surface area (Å²) in [6, 6.07) is 0. The number of hydrogen-bond acceptors (Lipinski definition) is 1. The van der Waals surface area contributed by atoms with Crippen LogP contribution in [0, 0.1) is 11.8 Å². The van der Waals surface area contributed by atoms with Crippen LogP contribution < -0.4 is 0 Å². The van der Waals surface area contributed by atoms with E-state index in [0.717, 1.165) is 19.3 Å². The Balaban J connectivity index is 4.40. The highest BCUT2D eigenvalue weighted by molar-refractivity contribution is 5.72. The maximum atomic E-state index is 11.2. The average molecular weight is 250 g/mol. The van der Waals surface area contributed by atoms with Gasteiger partial charge in [0.15, 0.2) is 0 Å². The van der Waals surface area contributed by atoms with Gasteiger partial charge < -0.3 is 5.11 Å². The van der Waals surface area contributed by atoms with Crippen molar-refractivity contribution in [3.8, 4) is 0 Å². The van der Waals surface area contributed by atoms with Gasteiger partial charge in [-0.05, 0) is 39.0 Å². The summed E-state index contributed by atoms with van der Waals surface area (Å²) in [4.78, 5) is 11.2. The van der Waals surface area contributed by atoms with E-state index in [1.807, 2.05) is 25.2 Å². The van der Waals surface area contributed by atoms with Gasteiger partial charge in [-0.3, -0.25) is 4.79 Å². The van der Waals surface area contributed by atoms with Crippen LogP contribution in [-0.2, 0) is 4.79 Å². The van der Waals surface area contributed by atoms with Crippen molar-refractivity contribution < 1.29 is 9.90 Å². The van der Waals surface area contributed by atoms with Gasteiger partial charge in [0.25, 0.3) is 0 Å². The van der Waals surface area contributed by atoms with Crippen molar-refractivity contribution in [3.63, 3.8) is 0 Å². The number of rotatable bonds is 8. The lowest BCUT2D eigenvalue weighted by atomic mass is 9.89. The van der Waals surface area contributed by atoms with Crippen LogP contribution in [0.4, 0.5) is 0 Å². The molecule has 0 aliphatic heterocycles. The van der Waals surface area contributed by atoms with Gasteiger partial charge in [0.2, 0.25) is 0 Å². The van der Waals surface area contributed by atoms with Crippen LogP contribution >= 0.6 is 0 Å². The molecule has 0 aromatic heterocycles. The minimum atomic E-state index is -0.735. The molecule has 0 aliphatic carbocycles. The highest BCUT2D eigenvalue weighted by atomic mass is 16.4. The fraction of sp³-hybridized carbons (Fsp3) is 0.562. The van der Waals surface area contributed by atoms with Gasteiger partial charge in [0.05, 0.1) is 5.92 Å². The summed E-state index contributed by atoms with van der Waals surface area (Å²) < 4.78 is 0. The molecule has 0 fully saturated rings. The van der Waals surface area contributed by atoms with Crippen LogP contribution in [0.1, 0.15) is 47.0 Å². The molecule has 0 bridgehead atoms. The number of aliphatic carboxylic acids is 1. The van der Waals surface area contributed by atoms with E-state index in [1.165, 1.54) is 5.57 Å². The summed E-state index contributed by atoms with van der Waals surface area (Å²) in [6.45, 7) is 8.19. The summed E-state index contributed by atoms with van der Waals surface area (Å²) in [5.74, 6) is -0.970. The van der Waals surface area contributed by atoms with E-state index in [1.54, 1.807) is 6.08 Å². The summed E-state index contributed by atoms with van der Waals surface area (Å²) in [5, 5.41) is 9.22. The fourth-order valence-electron chi connectivity index (χ4n) is 1.73. The molecule has 0 aromatic carbocycles. The number of carbonyl (C=O) groups is 1. The molecule has 0 aliphatic rings. The minimum absolute atomic E-state index is 0.157. The van der Waals surface area contributed by atoms with Gasteiger partial charge in [0, 0.05) is 0 Å². The third-order valence-electron chi connectivity index (χ3n) is 2.87. The van der Waals surface area contributed by atoms with E-state index in [9.17, 15) is 9.90 Å². The number of carboxylic acid groups (broad SMARTS) is 1. The van der Waals surface area contributed by atoms with E-state index in [0.29, 0.717) is 0 Å². The molecule has 0 spiro atoms. The Morgan fingerprint density at radius 3 is 2.44 bits per heavy atom. The molecule has 0 aromatic rings. The Morgan fingerprint density at radius 1 is 1.28 bits per heavy atom. The second kappa shape index (κ2) is 9.69. The molecule has 2 unspecified atom stereocenters. The van der Waals surface area contributed by atoms with E-state index in [-0.39, 0.29) is 5.92 Å². The molecule has 2 nitrogen and oxygen atoms in total. The van der Waals surface area contributed by atoms with Crippen molar-refractivity contribution in [2.24, 2.45) is 11.8 Å². The van der Waals surface area contributed by atoms with Gasteiger partial charge in [-0.15, -0.1) is 0 Å². The largest absolute Gasteiger partial charge is 0.481 e. The van der Waals surface area contributed by atoms with Crippen molar-refractivity contribution >= 4 is 5.97 Å². The van der Waals surface area contributed by atoms with E-state index in [2.05, 4.69) is 26.8 Å². The van der Waals surface area contributed by atoms with E-state index >= 15 is 0 Å². The molecule has 102 valence electrons.